The van der Waals surface area contributed by atoms with E-state index >= 15 is 0 Å². The first-order valence-corrected chi connectivity index (χ1v) is 10.7. The summed E-state index contributed by atoms with van der Waals surface area (Å²) in [5.41, 5.74) is 1.52. The first-order valence-electron chi connectivity index (χ1n) is 9.10. The van der Waals surface area contributed by atoms with Crippen LogP contribution < -0.4 is 0 Å². The third-order valence-electron chi connectivity index (χ3n) is 4.55. The minimum Gasteiger partial charge on any atom is -0.457 e. The van der Waals surface area contributed by atoms with E-state index in [9.17, 15) is 19.6 Å². The molecule has 1 aliphatic rings. The molecule has 2 amide bonds. The predicted molar refractivity (Wildman–Crippen MR) is 120 cm³/mol. The van der Waals surface area contributed by atoms with Crippen molar-refractivity contribution in [1.29, 1.82) is 5.26 Å². The molecule has 2 aromatic carbocycles. The highest BCUT2D eigenvalue weighted by molar-refractivity contribution is 9.10. The normalized spacial score (nSPS) is 14.8. The Balaban J connectivity index is 1.52. The second-order valence-corrected chi connectivity index (χ2v) is 8.47. The van der Waals surface area contributed by atoms with Crippen molar-refractivity contribution in [3.05, 3.63) is 86.9 Å². The molecule has 152 valence electrons. The highest BCUT2D eigenvalue weighted by atomic mass is 79.9. The molecule has 6 nitrogen and oxygen atoms in total. The van der Waals surface area contributed by atoms with Crippen LogP contribution in [0.1, 0.15) is 21.7 Å². The van der Waals surface area contributed by atoms with Crippen molar-refractivity contribution < 1.29 is 18.8 Å². The number of benzene rings is 2. The SMILES string of the molecule is N#Cc1ccccc1-c1ccc(/C=C2/SC(=O)N(CC(=O)c3ccc(Br)cc3)C2=O)o1. The summed E-state index contributed by atoms with van der Waals surface area (Å²) in [7, 11) is 0. The monoisotopic (exact) mass is 492 g/mol. The number of nitriles is 1. The van der Waals surface area contributed by atoms with Crippen molar-refractivity contribution in [3.63, 3.8) is 0 Å². The number of hydrogen-bond donors (Lipinski definition) is 0. The second kappa shape index (κ2) is 8.76. The van der Waals surface area contributed by atoms with E-state index in [1.165, 1.54) is 6.08 Å². The second-order valence-electron chi connectivity index (χ2n) is 6.56. The average molecular weight is 493 g/mol. The standard InChI is InChI=1S/C23H13BrN2O4S/c24-16-7-5-14(6-8-16)19(27)13-26-22(28)21(31-23(26)29)11-17-9-10-20(30-17)18-4-2-1-3-15(18)12-25/h1-11H,13H2/b21-11+. The lowest BCUT2D eigenvalue weighted by molar-refractivity contribution is -0.122. The number of nitrogens with zero attached hydrogens (tertiary/aromatic N) is 2. The Morgan fingerprint density at radius 3 is 2.58 bits per heavy atom. The molecule has 8 heteroatoms. The number of ketones is 1. The summed E-state index contributed by atoms with van der Waals surface area (Å²) in [6, 6.07) is 19.2. The molecule has 0 spiro atoms. The first-order chi connectivity index (χ1) is 15.0. The summed E-state index contributed by atoms with van der Waals surface area (Å²) in [6.45, 7) is -0.331. The largest absolute Gasteiger partial charge is 0.457 e. The Labute approximate surface area is 190 Å². The Kier molecular flexibility index (Phi) is 5.89. The van der Waals surface area contributed by atoms with Crippen LogP contribution in [0, 0.1) is 11.3 Å². The predicted octanol–water partition coefficient (Wildman–Crippen LogP) is 5.50. The van der Waals surface area contributed by atoms with E-state index in [1.54, 1.807) is 60.7 Å². The number of Topliss-reactive ketones (excluding diaryl/α,β-unsaturated/α-hetero) is 1. The molecule has 1 aliphatic heterocycles. The molecule has 2 heterocycles. The van der Waals surface area contributed by atoms with Crippen molar-refractivity contribution in [2.24, 2.45) is 0 Å². The third kappa shape index (κ3) is 4.38. The number of thioether (sulfide) groups is 1. The van der Waals surface area contributed by atoms with Gasteiger partial charge in [-0.15, -0.1) is 0 Å². The number of imide groups is 1. The third-order valence-corrected chi connectivity index (χ3v) is 5.99. The van der Waals surface area contributed by atoms with E-state index < -0.39 is 11.1 Å². The van der Waals surface area contributed by atoms with Gasteiger partial charge in [-0.3, -0.25) is 19.3 Å². The molecule has 31 heavy (non-hydrogen) atoms. The molecule has 0 saturated carbocycles. The number of amides is 2. The Hall–Kier alpha value is -3.41. The summed E-state index contributed by atoms with van der Waals surface area (Å²) >= 11 is 4.06. The van der Waals surface area contributed by atoms with Gasteiger partial charge in [-0.2, -0.15) is 5.26 Å². The molecule has 0 radical (unpaired) electrons. The molecule has 0 unspecified atom stereocenters. The lowest BCUT2D eigenvalue weighted by Gasteiger charge is -2.11. The molecule has 0 bridgehead atoms. The summed E-state index contributed by atoms with van der Waals surface area (Å²) in [4.78, 5) is 38.6. The lowest BCUT2D eigenvalue weighted by Crippen LogP contribution is -2.33. The highest BCUT2D eigenvalue weighted by Gasteiger charge is 2.36. The summed E-state index contributed by atoms with van der Waals surface area (Å²) in [5, 5.41) is 8.74. The maximum atomic E-state index is 12.7. The summed E-state index contributed by atoms with van der Waals surface area (Å²) < 4.78 is 6.59. The van der Waals surface area contributed by atoms with Gasteiger partial charge in [0.25, 0.3) is 11.1 Å². The summed E-state index contributed by atoms with van der Waals surface area (Å²) in [6.07, 6.45) is 1.47. The highest BCUT2D eigenvalue weighted by Crippen LogP contribution is 2.34. The van der Waals surface area contributed by atoms with Crippen LogP contribution in [-0.2, 0) is 4.79 Å². The fourth-order valence-electron chi connectivity index (χ4n) is 3.01. The van der Waals surface area contributed by atoms with Gasteiger partial charge in [-0.1, -0.05) is 40.2 Å². The van der Waals surface area contributed by atoms with Gasteiger partial charge < -0.3 is 4.42 Å². The fourth-order valence-corrected chi connectivity index (χ4v) is 4.09. The number of carbonyl (C=O) groups is 3. The van der Waals surface area contributed by atoms with Gasteiger partial charge >= 0.3 is 0 Å². The van der Waals surface area contributed by atoms with E-state index in [0.717, 1.165) is 21.1 Å². The molecule has 1 aromatic heterocycles. The van der Waals surface area contributed by atoms with E-state index in [0.29, 0.717) is 28.2 Å². The molecule has 1 saturated heterocycles. The molecule has 0 N–H and O–H groups in total. The lowest BCUT2D eigenvalue weighted by atomic mass is 10.1. The maximum absolute atomic E-state index is 12.7. The molecule has 0 atom stereocenters. The smallest absolute Gasteiger partial charge is 0.293 e. The molecule has 1 fully saturated rings. The van der Waals surface area contributed by atoms with Crippen molar-refractivity contribution in [2.45, 2.75) is 0 Å². The number of hydrogen-bond acceptors (Lipinski definition) is 6. The minimum atomic E-state index is -0.546. The molecule has 3 aromatic rings. The number of carbonyl (C=O) groups excluding carboxylic acids is 3. The van der Waals surface area contributed by atoms with Crippen molar-refractivity contribution in [1.82, 2.24) is 4.90 Å². The van der Waals surface area contributed by atoms with Crippen LogP contribution in [-0.4, -0.2) is 28.4 Å². The van der Waals surface area contributed by atoms with Gasteiger partial charge in [0.1, 0.15) is 11.5 Å². The Morgan fingerprint density at radius 2 is 1.84 bits per heavy atom. The Morgan fingerprint density at radius 1 is 1.10 bits per heavy atom. The zero-order chi connectivity index (χ0) is 22.0. The van der Waals surface area contributed by atoms with Crippen molar-refractivity contribution in [3.8, 4) is 17.4 Å². The average Bonchev–Trinajstić information content (AvgIpc) is 3.34. The minimum absolute atomic E-state index is 0.170. The molecule has 4 rings (SSSR count). The van der Waals surface area contributed by atoms with Gasteiger partial charge in [0.15, 0.2) is 5.78 Å². The van der Waals surface area contributed by atoms with Crippen LogP contribution in [0.4, 0.5) is 4.79 Å². The number of halogens is 1. The topological polar surface area (TPSA) is 91.4 Å². The summed E-state index contributed by atoms with van der Waals surface area (Å²) in [5.74, 6) is -0.0270. The van der Waals surface area contributed by atoms with E-state index in [2.05, 4.69) is 22.0 Å². The van der Waals surface area contributed by atoms with Gasteiger partial charge in [0.05, 0.1) is 23.1 Å². The van der Waals surface area contributed by atoms with E-state index in [1.807, 2.05) is 0 Å². The maximum Gasteiger partial charge on any atom is 0.293 e. The zero-order valence-electron chi connectivity index (χ0n) is 15.9. The molecular formula is C23H13BrN2O4S. The fraction of sp³-hybridized carbons (Fsp3) is 0.0435. The first kappa shape index (κ1) is 20.8. The van der Waals surface area contributed by atoms with Gasteiger partial charge in [0.2, 0.25) is 0 Å². The van der Waals surface area contributed by atoms with Crippen molar-refractivity contribution in [2.75, 3.05) is 6.54 Å². The van der Waals surface area contributed by atoms with Crippen LogP contribution in [0.5, 0.6) is 0 Å². The number of rotatable bonds is 5. The zero-order valence-corrected chi connectivity index (χ0v) is 18.3. The van der Waals surface area contributed by atoms with Crippen LogP contribution >= 0.6 is 27.7 Å². The van der Waals surface area contributed by atoms with Crippen LogP contribution in [0.25, 0.3) is 17.4 Å². The van der Waals surface area contributed by atoms with Gasteiger partial charge in [-0.25, -0.2) is 0 Å². The quantitative estimate of drug-likeness (QED) is 0.344. The van der Waals surface area contributed by atoms with E-state index in [-0.39, 0.29) is 17.2 Å². The van der Waals surface area contributed by atoms with Crippen LogP contribution in [0.3, 0.4) is 0 Å². The van der Waals surface area contributed by atoms with Crippen LogP contribution in [0.15, 0.2) is 74.5 Å². The van der Waals surface area contributed by atoms with E-state index in [4.69, 9.17) is 4.42 Å². The van der Waals surface area contributed by atoms with Gasteiger partial charge in [0, 0.05) is 21.7 Å². The molecular weight excluding hydrogens is 480 g/mol. The van der Waals surface area contributed by atoms with Crippen molar-refractivity contribution >= 4 is 50.7 Å². The van der Waals surface area contributed by atoms with Crippen LogP contribution in [0.2, 0.25) is 0 Å². The Bertz CT molecular complexity index is 1270. The molecule has 0 aliphatic carbocycles. The van der Waals surface area contributed by atoms with Gasteiger partial charge in [-0.05, 0) is 48.2 Å². The number of furan rings is 1.